The van der Waals surface area contributed by atoms with Crippen molar-refractivity contribution >= 4 is 32.4 Å². The molecule has 0 aliphatic carbocycles. The standard InChI is InChI=1S/C20H20N2O3S/c1-14(18-12-6-8-15-7-3-4-11-19(15)18)21-20(23)16-9-5-10-17(13-16)22-26(2,24)25/h3-14,22H,1-2H3,(H,21,23). The Hall–Kier alpha value is -2.86. The van der Waals surface area contributed by atoms with E-state index in [1.807, 2.05) is 49.4 Å². The van der Waals surface area contributed by atoms with Gasteiger partial charge < -0.3 is 5.32 Å². The molecule has 26 heavy (non-hydrogen) atoms. The highest BCUT2D eigenvalue weighted by atomic mass is 32.2. The van der Waals surface area contributed by atoms with Gasteiger partial charge in [-0.3, -0.25) is 9.52 Å². The summed E-state index contributed by atoms with van der Waals surface area (Å²) in [6.45, 7) is 1.93. The topological polar surface area (TPSA) is 75.3 Å². The van der Waals surface area contributed by atoms with Gasteiger partial charge in [0, 0.05) is 11.3 Å². The van der Waals surface area contributed by atoms with Gasteiger partial charge in [-0.1, -0.05) is 48.5 Å². The number of rotatable bonds is 5. The van der Waals surface area contributed by atoms with Gasteiger partial charge in [-0.15, -0.1) is 0 Å². The molecule has 0 saturated carbocycles. The van der Waals surface area contributed by atoms with E-state index in [0.29, 0.717) is 11.3 Å². The fourth-order valence-electron chi connectivity index (χ4n) is 2.92. The van der Waals surface area contributed by atoms with Crippen molar-refractivity contribution < 1.29 is 13.2 Å². The summed E-state index contributed by atoms with van der Waals surface area (Å²) in [5.41, 5.74) is 1.78. The van der Waals surface area contributed by atoms with E-state index in [9.17, 15) is 13.2 Å². The molecule has 1 amide bonds. The summed E-state index contributed by atoms with van der Waals surface area (Å²) in [6.07, 6.45) is 1.07. The molecule has 3 aromatic carbocycles. The highest BCUT2D eigenvalue weighted by Gasteiger charge is 2.14. The lowest BCUT2D eigenvalue weighted by Gasteiger charge is -2.17. The predicted octanol–water partition coefficient (Wildman–Crippen LogP) is 3.70. The van der Waals surface area contributed by atoms with E-state index in [4.69, 9.17) is 0 Å². The molecule has 1 unspecified atom stereocenters. The molecule has 0 bridgehead atoms. The lowest BCUT2D eigenvalue weighted by molar-refractivity contribution is 0.0940. The third-order valence-electron chi connectivity index (χ3n) is 4.07. The molecular weight excluding hydrogens is 348 g/mol. The van der Waals surface area contributed by atoms with Crippen LogP contribution in [0, 0.1) is 0 Å². The summed E-state index contributed by atoms with van der Waals surface area (Å²) >= 11 is 0. The molecule has 0 heterocycles. The fraction of sp³-hybridized carbons (Fsp3) is 0.150. The smallest absolute Gasteiger partial charge is 0.251 e. The molecule has 0 aromatic heterocycles. The maximum Gasteiger partial charge on any atom is 0.251 e. The highest BCUT2D eigenvalue weighted by Crippen LogP contribution is 2.24. The summed E-state index contributed by atoms with van der Waals surface area (Å²) in [6, 6.07) is 20.2. The van der Waals surface area contributed by atoms with Gasteiger partial charge in [-0.2, -0.15) is 0 Å². The molecule has 0 aliphatic heterocycles. The minimum absolute atomic E-state index is 0.194. The average Bonchev–Trinajstić information content (AvgIpc) is 2.60. The van der Waals surface area contributed by atoms with E-state index < -0.39 is 10.0 Å². The Bertz CT molecular complexity index is 1060. The Kier molecular flexibility index (Phi) is 4.95. The highest BCUT2D eigenvalue weighted by molar-refractivity contribution is 7.92. The van der Waals surface area contributed by atoms with E-state index >= 15 is 0 Å². The van der Waals surface area contributed by atoms with Crippen LogP contribution < -0.4 is 10.0 Å². The molecule has 0 radical (unpaired) electrons. The molecular formula is C20H20N2O3S. The van der Waals surface area contributed by atoms with Crippen LogP contribution in [-0.2, 0) is 10.0 Å². The minimum atomic E-state index is -3.39. The van der Waals surface area contributed by atoms with Crippen molar-refractivity contribution in [2.45, 2.75) is 13.0 Å². The Morgan fingerprint density at radius 2 is 1.65 bits per heavy atom. The largest absolute Gasteiger partial charge is 0.345 e. The maximum atomic E-state index is 12.6. The molecule has 5 nitrogen and oxygen atoms in total. The Balaban J connectivity index is 1.82. The number of fused-ring (bicyclic) bond motifs is 1. The van der Waals surface area contributed by atoms with Gasteiger partial charge in [0.1, 0.15) is 0 Å². The molecule has 0 saturated heterocycles. The number of hydrogen-bond acceptors (Lipinski definition) is 3. The molecule has 0 spiro atoms. The van der Waals surface area contributed by atoms with E-state index in [0.717, 1.165) is 22.6 Å². The molecule has 3 rings (SSSR count). The quantitative estimate of drug-likeness (QED) is 0.721. The normalized spacial score (nSPS) is 12.5. The SMILES string of the molecule is CC(NC(=O)c1cccc(NS(C)(=O)=O)c1)c1cccc2ccccc12. The van der Waals surface area contributed by atoms with Gasteiger partial charge in [-0.05, 0) is 41.5 Å². The summed E-state index contributed by atoms with van der Waals surface area (Å²) in [5, 5.41) is 5.19. The van der Waals surface area contributed by atoms with Gasteiger partial charge in [-0.25, -0.2) is 8.42 Å². The summed E-state index contributed by atoms with van der Waals surface area (Å²) in [4.78, 5) is 12.6. The van der Waals surface area contributed by atoms with Gasteiger partial charge in [0.2, 0.25) is 10.0 Å². The van der Waals surface area contributed by atoms with Gasteiger partial charge in [0.05, 0.1) is 12.3 Å². The van der Waals surface area contributed by atoms with E-state index in [1.54, 1.807) is 18.2 Å². The number of carbonyl (C=O) groups excluding carboxylic acids is 1. The second-order valence-corrected chi connectivity index (χ2v) is 7.97. The summed E-state index contributed by atoms with van der Waals surface area (Å²) < 4.78 is 25.1. The first-order valence-corrected chi connectivity index (χ1v) is 10.1. The number of benzene rings is 3. The van der Waals surface area contributed by atoms with Crippen LogP contribution in [0.1, 0.15) is 28.9 Å². The van der Waals surface area contributed by atoms with Crippen LogP contribution in [-0.4, -0.2) is 20.6 Å². The molecule has 0 aliphatic rings. The van der Waals surface area contributed by atoms with Crippen LogP contribution in [0.4, 0.5) is 5.69 Å². The second kappa shape index (κ2) is 7.17. The number of hydrogen-bond donors (Lipinski definition) is 2. The number of carbonyl (C=O) groups is 1. The molecule has 6 heteroatoms. The van der Waals surface area contributed by atoms with Crippen LogP contribution >= 0.6 is 0 Å². The zero-order valence-electron chi connectivity index (χ0n) is 14.6. The van der Waals surface area contributed by atoms with Crippen molar-refractivity contribution in [3.8, 4) is 0 Å². The van der Waals surface area contributed by atoms with Crippen molar-refractivity contribution in [3.63, 3.8) is 0 Å². The summed E-state index contributed by atoms with van der Waals surface area (Å²) in [5.74, 6) is -0.261. The maximum absolute atomic E-state index is 12.6. The molecule has 3 aromatic rings. The van der Waals surface area contributed by atoms with Crippen LogP contribution in [0.25, 0.3) is 10.8 Å². The first-order valence-electron chi connectivity index (χ1n) is 8.20. The van der Waals surface area contributed by atoms with Gasteiger partial charge >= 0.3 is 0 Å². The van der Waals surface area contributed by atoms with Crippen molar-refractivity contribution in [2.24, 2.45) is 0 Å². The van der Waals surface area contributed by atoms with Gasteiger partial charge in [0.25, 0.3) is 5.91 Å². The monoisotopic (exact) mass is 368 g/mol. The van der Waals surface area contributed by atoms with E-state index in [1.165, 1.54) is 6.07 Å². The van der Waals surface area contributed by atoms with E-state index in [2.05, 4.69) is 10.0 Å². The number of amides is 1. The molecule has 2 N–H and O–H groups in total. The molecule has 0 fully saturated rings. The molecule has 1 atom stereocenters. The number of sulfonamides is 1. The minimum Gasteiger partial charge on any atom is -0.345 e. The lowest BCUT2D eigenvalue weighted by Crippen LogP contribution is -2.26. The third-order valence-corrected chi connectivity index (χ3v) is 4.67. The third kappa shape index (κ3) is 4.21. The number of anilines is 1. The first kappa shape index (κ1) is 17.9. The zero-order chi connectivity index (χ0) is 18.7. The van der Waals surface area contributed by atoms with Crippen LogP contribution in [0.5, 0.6) is 0 Å². The molecule has 134 valence electrons. The Morgan fingerprint density at radius 3 is 2.42 bits per heavy atom. The van der Waals surface area contributed by atoms with Crippen molar-refractivity contribution in [3.05, 3.63) is 77.9 Å². The Labute approximate surface area is 153 Å². The van der Waals surface area contributed by atoms with Crippen molar-refractivity contribution in [1.29, 1.82) is 0 Å². The summed E-state index contributed by atoms with van der Waals surface area (Å²) in [7, 11) is -3.39. The predicted molar refractivity (Wildman–Crippen MR) is 105 cm³/mol. The van der Waals surface area contributed by atoms with Gasteiger partial charge in [0.15, 0.2) is 0 Å². The second-order valence-electron chi connectivity index (χ2n) is 6.22. The zero-order valence-corrected chi connectivity index (χ0v) is 15.4. The fourth-order valence-corrected chi connectivity index (χ4v) is 3.48. The van der Waals surface area contributed by atoms with Crippen LogP contribution in [0.3, 0.4) is 0 Å². The average molecular weight is 368 g/mol. The van der Waals surface area contributed by atoms with Crippen molar-refractivity contribution in [2.75, 3.05) is 11.0 Å². The van der Waals surface area contributed by atoms with Crippen molar-refractivity contribution in [1.82, 2.24) is 5.32 Å². The number of nitrogens with one attached hydrogen (secondary N) is 2. The first-order chi connectivity index (χ1) is 12.3. The van der Waals surface area contributed by atoms with E-state index in [-0.39, 0.29) is 11.9 Å². The van der Waals surface area contributed by atoms with Crippen LogP contribution in [0.2, 0.25) is 0 Å². The van der Waals surface area contributed by atoms with Crippen LogP contribution in [0.15, 0.2) is 66.7 Å². The lowest BCUT2D eigenvalue weighted by atomic mass is 9.99. The Morgan fingerprint density at radius 1 is 0.962 bits per heavy atom.